The summed E-state index contributed by atoms with van der Waals surface area (Å²) in [7, 11) is 0. The molecule has 0 amide bonds. The van der Waals surface area contributed by atoms with E-state index >= 15 is 0 Å². The van der Waals surface area contributed by atoms with Gasteiger partial charge < -0.3 is 4.98 Å². The number of aryl methyl sites for hydroxylation is 2. The monoisotopic (exact) mass is 151 g/mol. The van der Waals surface area contributed by atoms with E-state index < -0.39 is 0 Å². The lowest BCUT2D eigenvalue weighted by Gasteiger charge is -2.05. The molecule has 0 saturated heterocycles. The topological polar surface area (TPSA) is 15.8 Å². The molecular weight excluding hydrogens is 141 g/mol. The lowest BCUT2D eigenvalue weighted by atomic mass is 10.0. The summed E-state index contributed by atoms with van der Waals surface area (Å²) in [6.45, 7) is 1.99. The molecule has 0 bridgehead atoms. The minimum absolute atomic E-state index is 0.0145. The molecular formula is C9H10FN. The Balaban J connectivity index is 2.50. The largest absolute Gasteiger partial charge is 0.359 e. The van der Waals surface area contributed by atoms with E-state index in [9.17, 15) is 4.39 Å². The second-order valence-electron chi connectivity index (χ2n) is 2.98. The molecule has 0 aliphatic heterocycles. The molecule has 11 heavy (non-hydrogen) atoms. The van der Waals surface area contributed by atoms with E-state index in [4.69, 9.17) is 0 Å². The molecule has 1 aromatic heterocycles. The van der Waals surface area contributed by atoms with Crippen LogP contribution in [-0.2, 0) is 6.42 Å². The van der Waals surface area contributed by atoms with Gasteiger partial charge in [0.05, 0.1) is 0 Å². The van der Waals surface area contributed by atoms with Crippen molar-refractivity contribution >= 4 is 6.08 Å². The number of rotatable bonds is 0. The SMILES string of the molecule is Cc1cc2c([nH]1)C=C(F)CC2. The Morgan fingerprint density at radius 1 is 1.45 bits per heavy atom. The fourth-order valence-corrected chi connectivity index (χ4v) is 1.49. The summed E-state index contributed by atoms with van der Waals surface area (Å²) in [5, 5.41) is 0. The van der Waals surface area contributed by atoms with Gasteiger partial charge in [-0.05, 0) is 31.1 Å². The Bertz CT molecular complexity index is 309. The van der Waals surface area contributed by atoms with Crippen LogP contribution in [0.2, 0.25) is 0 Å². The molecule has 0 unspecified atom stereocenters. The predicted molar refractivity (Wildman–Crippen MR) is 42.9 cm³/mol. The van der Waals surface area contributed by atoms with E-state index in [0.717, 1.165) is 17.8 Å². The summed E-state index contributed by atoms with van der Waals surface area (Å²) >= 11 is 0. The third-order valence-electron chi connectivity index (χ3n) is 2.00. The Labute approximate surface area is 64.9 Å². The Kier molecular flexibility index (Phi) is 1.34. The van der Waals surface area contributed by atoms with Gasteiger partial charge in [0, 0.05) is 17.8 Å². The smallest absolute Gasteiger partial charge is 0.102 e. The lowest BCUT2D eigenvalue weighted by Crippen LogP contribution is -1.93. The van der Waals surface area contributed by atoms with E-state index in [2.05, 4.69) is 11.1 Å². The second-order valence-corrected chi connectivity index (χ2v) is 2.98. The van der Waals surface area contributed by atoms with Gasteiger partial charge in [-0.1, -0.05) is 0 Å². The number of hydrogen-bond acceptors (Lipinski definition) is 0. The van der Waals surface area contributed by atoms with Crippen LogP contribution in [0, 0.1) is 6.92 Å². The minimum Gasteiger partial charge on any atom is -0.359 e. The highest BCUT2D eigenvalue weighted by Gasteiger charge is 2.11. The third kappa shape index (κ3) is 1.09. The highest BCUT2D eigenvalue weighted by Crippen LogP contribution is 2.24. The Morgan fingerprint density at radius 2 is 2.27 bits per heavy atom. The van der Waals surface area contributed by atoms with Crippen LogP contribution in [0.4, 0.5) is 4.39 Å². The van der Waals surface area contributed by atoms with Gasteiger partial charge in [0.2, 0.25) is 0 Å². The van der Waals surface area contributed by atoms with Crippen LogP contribution in [0.25, 0.3) is 6.08 Å². The average molecular weight is 151 g/mol. The molecule has 1 nitrogen and oxygen atoms in total. The summed E-state index contributed by atoms with van der Waals surface area (Å²) in [4.78, 5) is 3.11. The van der Waals surface area contributed by atoms with Crippen LogP contribution < -0.4 is 0 Å². The lowest BCUT2D eigenvalue weighted by molar-refractivity contribution is 0.590. The zero-order valence-corrected chi connectivity index (χ0v) is 6.45. The number of aromatic nitrogens is 1. The minimum atomic E-state index is -0.0145. The Hall–Kier alpha value is -1.05. The maximum Gasteiger partial charge on any atom is 0.102 e. The van der Waals surface area contributed by atoms with Gasteiger partial charge in [-0.15, -0.1) is 0 Å². The van der Waals surface area contributed by atoms with Crippen molar-refractivity contribution in [3.63, 3.8) is 0 Å². The van der Waals surface area contributed by atoms with E-state index in [-0.39, 0.29) is 5.83 Å². The Morgan fingerprint density at radius 3 is 3.09 bits per heavy atom. The van der Waals surface area contributed by atoms with Crippen LogP contribution in [-0.4, -0.2) is 4.98 Å². The summed E-state index contributed by atoms with van der Waals surface area (Å²) < 4.78 is 12.7. The molecule has 1 aromatic rings. The molecule has 2 rings (SSSR count). The van der Waals surface area contributed by atoms with Crippen molar-refractivity contribution in [2.24, 2.45) is 0 Å². The maximum absolute atomic E-state index is 12.7. The number of H-pyrrole nitrogens is 1. The maximum atomic E-state index is 12.7. The van der Waals surface area contributed by atoms with Crippen molar-refractivity contribution in [2.45, 2.75) is 19.8 Å². The van der Waals surface area contributed by atoms with Crippen molar-refractivity contribution in [3.05, 3.63) is 28.8 Å². The van der Waals surface area contributed by atoms with Gasteiger partial charge >= 0.3 is 0 Å². The molecule has 0 radical (unpaired) electrons. The highest BCUT2D eigenvalue weighted by atomic mass is 19.1. The molecule has 1 aliphatic carbocycles. The average Bonchev–Trinajstić information content (AvgIpc) is 2.27. The van der Waals surface area contributed by atoms with Gasteiger partial charge in [-0.25, -0.2) is 4.39 Å². The molecule has 0 atom stereocenters. The van der Waals surface area contributed by atoms with Crippen LogP contribution in [0.15, 0.2) is 11.9 Å². The van der Waals surface area contributed by atoms with Gasteiger partial charge in [-0.2, -0.15) is 0 Å². The molecule has 0 aromatic carbocycles. The predicted octanol–water partition coefficient (Wildman–Crippen LogP) is 2.58. The van der Waals surface area contributed by atoms with Crippen LogP contribution in [0.1, 0.15) is 23.4 Å². The zero-order chi connectivity index (χ0) is 7.84. The van der Waals surface area contributed by atoms with Crippen molar-refractivity contribution in [3.8, 4) is 0 Å². The third-order valence-corrected chi connectivity index (χ3v) is 2.00. The van der Waals surface area contributed by atoms with Gasteiger partial charge in [0.25, 0.3) is 0 Å². The number of aromatic amines is 1. The molecule has 58 valence electrons. The normalized spacial score (nSPS) is 16.0. The molecule has 1 N–H and O–H groups in total. The standard InChI is InChI=1S/C9H10FN/c1-6-4-7-2-3-8(10)5-9(7)11-6/h4-5,11H,2-3H2,1H3. The second kappa shape index (κ2) is 2.22. The summed E-state index contributed by atoms with van der Waals surface area (Å²) in [6.07, 6.45) is 2.98. The zero-order valence-electron chi connectivity index (χ0n) is 6.45. The summed E-state index contributed by atoms with van der Waals surface area (Å²) in [5.41, 5.74) is 3.30. The highest BCUT2D eigenvalue weighted by molar-refractivity contribution is 5.55. The molecule has 2 heteroatoms. The molecule has 1 aliphatic rings. The molecule has 0 saturated carbocycles. The number of nitrogens with one attached hydrogen (secondary N) is 1. The van der Waals surface area contributed by atoms with Gasteiger partial charge in [-0.3, -0.25) is 0 Å². The first-order valence-corrected chi connectivity index (χ1v) is 3.80. The molecule has 1 heterocycles. The first-order valence-electron chi connectivity index (χ1n) is 3.80. The van der Waals surface area contributed by atoms with Crippen molar-refractivity contribution in [2.75, 3.05) is 0 Å². The summed E-state index contributed by atoms with van der Waals surface area (Å²) in [6, 6.07) is 2.08. The number of fused-ring (bicyclic) bond motifs is 1. The van der Waals surface area contributed by atoms with E-state index in [1.54, 1.807) is 6.08 Å². The van der Waals surface area contributed by atoms with Crippen molar-refractivity contribution < 1.29 is 4.39 Å². The molecule has 0 fully saturated rings. The fourth-order valence-electron chi connectivity index (χ4n) is 1.49. The first-order chi connectivity index (χ1) is 5.25. The van der Waals surface area contributed by atoms with Gasteiger partial charge in [0.15, 0.2) is 0 Å². The fraction of sp³-hybridized carbons (Fsp3) is 0.333. The van der Waals surface area contributed by atoms with E-state index in [0.29, 0.717) is 6.42 Å². The van der Waals surface area contributed by atoms with Gasteiger partial charge in [0.1, 0.15) is 5.83 Å². The van der Waals surface area contributed by atoms with Crippen LogP contribution in [0.5, 0.6) is 0 Å². The number of hydrogen-bond donors (Lipinski definition) is 1. The van der Waals surface area contributed by atoms with Crippen molar-refractivity contribution in [1.82, 2.24) is 4.98 Å². The van der Waals surface area contributed by atoms with Crippen molar-refractivity contribution in [1.29, 1.82) is 0 Å². The van der Waals surface area contributed by atoms with E-state index in [1.807, 2.05) is 6.92 Å². The van der Waals surface area contributed by atoms with Crippen LogP contribution in [0.3, 0.4) is 0 Å². The van der Waals surface area contributed by atoms with E-state index in [1.165, 1.54) is 5.56 Å². The first kappa shape index (κ1) is 6.65. The molecule has 0 spiro atoms. The van der Waals surface area contributed by atoms with Crippen LogP contribution >= 0.6 is 0 Å². The quantitative estimate of drug-likeness (QED) is 0.586. The number of halogens is 1. The number of allylic oxidation sites excluding steroid dienone is 1. The summed E-state index contributed by atoms with van der Waals surface area (Å²) in [5.74, 6) is -0.0145.